The number of rotatable bonds is 3. The second-order valence-corrected chi connectivity index (χ2v) is 6.68. The molecule has 2 aromatic carbocycles. The van der Waals surface area contributed by atoms with Gasteiger partial charge in [-0.15, -0.1) is 0 Å². The van der Waals surface area contributed by atoms with Crippen LogP contribution in [0.4, 0.5) is 13.2 Å². The van der Waals surface area contributed by atoms with Crippen molar-refractivity contribution in [1.82, 2.24) is 0 Å². The van der Waals surface area contributed by atoms with E-state index >= 15 is 0 Å². The van der Waals surface area contributed by atoms with E-state index in [2.05, 4.69) is 0 Å². The highest BCUT2D eigenvalue weighted by atomic mass is 19.4. The number of aromatic hydroxyl groups is 1. The van der Waals surface area contributed by atoms with Crippen LogP contribution in [-0.2, 0) is 6.18 Å². The van der Waals surface area contributed by atoms with E-state index in [1.807, 2.05) is 0 Å². The number of nitrogens with one attached hydrogen (secondary N) is 1. The molecule has 7 heteroatoms. The predicted molar refractivity (Wildman–Crippen MR) is 87.4 cm³/mol. The predicted octanol–water partition coefficient (Wildman–Crippen LogP) is 2.91. The van der Waals surface area contributed by atoms with E-state index < -0.39 is 11.7 Å². The minimum Gasteiger partial charge on any atom is -0.507 e. The summed E-state index contributed by atoms with van der Waals surface area (Å²) in [7, 11) is 0. The molecule has 2 heterocycles. The number of fused-ring (bicyclic) bond motifs is 1. The van der Waals surface area contributed by atoms with Crippen molar-refractivity contribution in [3.05, 3.63) is 53.1 Å². The van der Waals surface area contributed by atoms with Crippen LogP contribution in [0.1, 0.15) is 35.6 Å². The lowest BCUT2D eigenvalue weighted by atomic mass is 9.95. The zero-order valence-electron chi connectivity index (χ0n) is 14.0. The molecule has 4 nitrogen and oxygen atoms in total. The minimum absolute atomic E-state index is 0.0681. The van der Waals surface area contributed by atoms with Gasteiger partial charge in [0.1, 0.15) is 11.8 Å². The molecule has 0 aliphatic carbocycles. The lowest BCUT2D eigenvalue weighted by Crippen LogP contribution is -3.10. The molecule has 0 aromatic heterocycles. The van der Waals surface area contributed by atoms with Crippen molar-refractivity contribution in [2.45, 2.75) is 25.1 Å². The first-order chi connectivity index (χ1) is 12.4. The Morgan fingerprint density at radius 3 is 2.19 bits per heavy atom. The summed E-state index contributed by atoms with van der Waals surface area (Å²) in [5.74, 6) is 1.10. The molecule has 1 atom stereocenters. The zero-order chi connectivity index (χ0) is 18.3. The number of phenols is 1. The van der Waals surface area contributed by atoms with Crippen molar-refractivity contribution >= 4 is 0 Å². The molecule has 0 spiro atoms. The van der Waals surface area contributed by atoms with Crippen LogP contribution in [0.25, 0.3) is 0 Å². The van der Waals surface area contributed by atoms with Crippen LogP contribution in [0.5, 0.6) is 17.2 Å². The molecule has 2 aliphatic heterocycles. The van der Waals surface area contributed by atoms with Crippen molar-refractivity contribution in [3.8, 4) is 17.2 Å². The van der Waals surface area contributed by atoms with Crippen molar-refractivity contribution in [2.75, 3.05) is 19.9 Å². The van der Waals surface area contributed by atoms with Crippen molar-refractivity contribution in [2.24, 2.45) is 0 Å². The molecule has 1 fully saturated rings. The maximum atomic E-state index is 12.9. The number of likely N-dealkylation sites (tertiary alicyclic amines) is 1. The van der Waals surface area contributed by atoms with E-state index in [0.29, 0.717) is 17.1 Å². The Balaban J connectivity index is 1.76. The molecule has 0 bridgehead atoms. The number of phenolic OH excluding ortho intramolecular Hbond substituents is 1. The van der Waals surface area contributed by atoms with Gasteiger partial charge in [0.05, 0.1) is 24.2 Å². The highest BCUT2D eigenvalue weighted by Crippen LogP contribution is 2.41. The fourth-order valence-electron chi connectivity index (χ4n) is 3.80. The van der Waals surface area contributed by atoms with Gasteiger partial charge < -0.3 is 19.5 Å². The van der Waals surface area contributed by atoms with Crippen LogP contribution in [-0.4, -0.2) is 25.0 Å². The van der Waals surface area contributed by atoms with Crippen molar-refractivity contribution < 1.29 is 32.7 Å². The summed E-state index contributed by atoms with van der Waals surface area (Å²) >= 11 is 0. The molecule has 0 unspecified atom stereocenters. The Hall–Kier alpha value is -2.41. The second kappa shape index (κ2) is 6.39. The van der Waals surface area contributed by atoms with E-state index in [9.17, 15) is 18.3 Å². The number of benzene rings is 2. The first-order valence-corrected chi connectivity index (χ1v) is 8.58. The fourth-order valence-corrected chi connectivity index (χ4v) is 3.80. The van der Waals surface area contributed by atoms with Crippen molar-refractivity contribution in [1.29, 1.82) is 0 Å². The minimum atomic E-state index is -4.37. The summed E-state index contributed by atoms with van der Waals surface area (Å²) in [6, 6.07) is 8.21. The summed E-state index contributed by atoms with van der Waals surface area (Å²) in [4.78, 5) is 1.22. The number of halogens is 3. The summed E-state index contributed by atoms with van der Waals surface area (Å²) in [5, 5.41) is 10.5. The van der Waals surface area contributed by atoms with E-state index in [1.165, 1.54) is 23.1 Å². The van der Waals surface area contributed by atoms with E-state index in [0.717, 1.165) is 43.6 Å². The van der Waals surface area contributed by atoms with Crippen LogP contribution < -0.4 is 14.4 Å². The Morgan fingerprint density at radius 2 is 1.58 bits per heavy atom. The fraction of sp³-hybridized carbons (Fsp3) is 0.368. The van der Waals surface area contributed by atoms with E-state index in [1.54, 1.807) is 6.07 Å². The Bertz CT molecular complexity index is 799. The molecule has 2 N–H and O–H groups in total. The van der Waals surface area contributed by atoms with Gasteiger partial charge in [0.15, 0.2) is 11.5 Å². The van der Waals surface area contributed by atoms with Gasteiger partial charge in [-0.1, -0.05) is 12.1 Å². The molecule has 2 aliphatic rings. The molecular formula is C19H19F3NO3+. The van der Waals surface area contributed by atoms with Crippen LogP contribution in [0, 0.1) is 0 Å². The summed E-state index contributed by atoms with van der Waals surface area (Å²) in [6.07, 6.45) is -2.26. The normalized spacial score (nSPS) is 18.3. The molecule has 2 aromatic rings. The van der Waals surface area contributed by atoms with Gasteiger partial charge in [0, 0.05) is 24.5 Å². The van der Waals surface area contributed by atoms with Gasteiger partial charge >= 0.3 is 6.18 Å². The van der Waals surface area contributed by atoms with Crippen molar-refractivity contribution in [3.63, 3.8) is 0 Å². The lowest BCUT2D eigenvalue weighted by Gasteiger charge is -2.26. The highest BCUT2D eigenvalue weighted by Gasteiger charge is 2.34. The molecule has 138 valence electrons. The topological polar surface area (TPSA) is 43.1 Å². The monoisotopic (exact) mass is 366 g/mol. The highest BCUT2D eigenvalue weighted by molar-refractivity contribution is 5.53. The van der Waals surface area contributed by atoms with Crippen LogP contribution in [0.15, 0.2) is 36.4 Å². The van der Waals surface area contributed by atoms with E-state index in [-0.39, 0.29) is 18.6 Å². The quantitative estimate of drug-likeness (QED) is 0.878. The summed E-state index contributed by atoms with van der Waals surface area (Å²) < 4.78 is 49.3. The van der Waals surface area contributed by atoms with Gasteiger partial charge in [-0.05, 0) is 18.2 Å². The number of ether oxygens (including phenoxy) is 2. The third-order valence-corrected chi connectivity index (χ3v) is 5.06. The van der Waals surface area contributed by atoms with Gasteiger partial charge in [-0.25, -0.2) is 0 Å². The molecule has 4 rings (SSSR count). The largest absolute Gasteiger partial charge is 0.507 e. The first kappa shape index (κ1) is 17.0. The summed E-state index contributed by atoms with van der Waals surface area (Å²) in [5.41, 5.74) is 0.710. The van der Waals surface area contributed by atoms with Crippen LogP contribution >= 0.6 is 0 Å². The number of alkyl halides is 3. The van der Waals surface area contributed by atoms with Gasteiger partial charge in [0.25, 0.3) is 0 Å². The Labute approximate surface area is 148 Å². The molecule has 0 amide bonds. The Morgan fingerprint density at radius 1 is 0.962 bits per heavy atom. The molecule has 0 saturated carbocycles. The first-order valence-electron chi connectivity index (χ1n) is 8.58. The summed E-state index contributed by atoms with van der Waals surface area (Å²) in [6.45, 7) is 1.90. The van der Waals surface area contributed by atoms with Gasteiger partial charge in [0.2, 0.25) is 6.79 Å². The third kappa shape index (κ3) is 3.07. The maximum Gasteiger partial charge on any atom is 0.416 e. The molecule has 26 heavy (non-hydrogen) atoms. The number of hydrogen-bond acceptors (Lipinski definition) is 3. The Kier molecular flexibility index (Phi) is 4.19. The standard InChI is InChI=1S/C19H18F3NO3/c20-19(21,22)13-5-3-12(4-6-13)18(23-7-1-2-8-23)14-9-16-17(10-15(14)24)26-11-25-16/h3-6,9-10,18,24H,1-2,7-8,11H2/p+1/t18-/m1/s1. The average Bonchev–Trinajstić information content (AvgIpc) is 3.27. The zero-order valence-corrected chi connectivity index (χ0v) is 14.0. The third-order valence-electron chi connectivity index (χ3n) is 5.06. The van der Waals surface area contributed by atoms with E-state index in [4.69, 9.17) is 9.47 Å². The number of quaternary nitrogens is 1. The number of hydrogen-bond donors (Lipinski definition) is 2. The lowest BCUT2D eigenvalue weighted by molar-refractivity contribution is -0.913. The van der Waals surface area contributed by atoms with Crippen LogP contribution in [0.3, 0.4) is 0 Å². The average molecular weight is 366 g/mol. The SMILES string of the molecule is Oc1cc2c(cc1[C@@H](c1ccc(C(F)(F)F)cc1)[NH+]1CCCC1)OCO2. The molecule has 0 radical (unpaired) electrons. The van der Waals surface area contributed by atoms with Gasteiger partial charge in [-0.3, -0.25) is 0 Å². The molecular weight excluding hydrogens is 347 g/mol. The smallest absolute Gasteiger partial charge is 0.416 e. The maximum absolute atomic E-state index is 12.9. The van der Waals surface area contributed by atoms with Crippen LogP contribution in [0.2, 0.25) is 0 Å². The molecule has 1 saturated heterocycles. The van der Waals surface area contributed by atoms with Gasteiger partial charge in [-0.2, -0.15) is 13.2 Å². The second-order valence-electron chi connectivity index (χ2n) is 6.68.